The van der Waals surface area contributed by atoms with Crippen molar-refractivity contribution in [3.05, 3.63) is 78.1 Å². The van der Waals surface area contributed by atoms with E-state index in [0.29, 0.717) is 19.8 Å². The summed E-state index contributed by atoms with van der Waals surface area (Å²) in [6, 6.07) is 21.5. The Morgan fingerprint density at radius 3 is 2.47 bits per heavy atom. The molecule has 1 unspecified atom stereocenters. The highest BCUT2D eigenvalue weighted by molar-refractivity contribution is 7.99. The third kappa shape index (κ3) is 6.70. The molecule has 0 N–H and O–H groups in total. The molecule has 0 radical (unpaired) electrons. The van der Waals surface area contributed by atoms with E-state index in [9.17, 15) is 0 Å². The fourth-order valence-electron chi connectivity index (χ4n) is 3.69. The maximum absolute atomic E-state index is 6.36. The summed E-state index contributed by atoms with van der Waals surface area (Å²) in [6.07, 6.45) is 1.88. The van der Waals surface area contributed by atoms with Gasteiger partial charge in [0.05, 0.1) is 26.4 Å². The van der Waals surface area contributed by atoms with Gasteiger partial charge in [0.2, 0.25) is 5.62 Å². The largest absolute Gasteiger partial charge is 0.497 e. The number of nitrogens with zero attached hydrogens (tertiary/aromatic N) is 1. The van der Waals surface area contributed by atoms with Crippen LogP contribution in [0.2, 0.25) is 25.7 Å². The monoisotopic (exact) mass is 471 g/mol. The van der Waals surface area contributed by atoms with Gasteiger partial charge in [-0.2, -0.15) is 5.06 Å². The van der Waals surface area contributed by atoms with Crippen molar-refractivity contribution >= 4 is 19.8 Å². The second kappa shape index (κ2) is 11.0. The Bertz CT molecular complexity index is 875. The molecule has 2 aromatic rings. The standard InChI is InChI=1S/C25H33NO4SSi/c1-32(2,3)17-16-27-22-14-15-29-26(18-20-10-6-4-7-11-20)24(22)23-19-28-25(30-23)31-21-12-8-5-9-13-21/h4-14,23-25H,15-19H2,1-3H3/t23-,24-,25?/m1/s1. The number of benzene rings is 2. The summed E-state index contributed by atoms with van der Waals surface area (Å²) in [6.45, 7) is 9.50. The molecular formula is C25H33NO4SSi. The lowest BCUT2D eigenvalue weighted by molar-refractivity contribution is -0.214. The van der Waals surface area contributed by atoms with Gasteiger partial charge in [-0.15, -0.1) is 0 Å². The lowest BCUT2D eigenvalue weighted by Crippen LogP contribution is -2.48. The highest BCUT2D eigenvalue weighted by atomic mass is 32.2. The Morgan fingerprint density at radius 2 is 1.75 bits per heavy atom. The highest BCUT2D eigenvalue weighted by Crippen LogP contribution is 2.34. The normalized spacial score (nSPS) is 24.3. The molecule has 3 atom stereocenters. The highest BCUT2D eigenvalue weighted by Gasteiger charge is 2.41. The number of ether oxygens (including phenoxy) is 3. The third-order valence-corrected chi connectivity index (χ3v) is 8.13. The first-order valence-electron chi connectivity index (χ1n) is 11.2. The van der Waals surface area contributed by atoms with Gasteiger partial charge < -0.3 is 14.2 Å². The van der Waals surface area contributed by atoms with Crippen LogP contribution in [0.25, 0.3) is 0 Å². The molecule has 2 aliphatic heterocycles. The van der Waals surface area contributed by atoms with Gasteiger partial charge in [0.25, 0.3) is 0 Å². The quantitative estimate of drug-likeness (QED) is 0.448. The van der Waals surface area contributed by atoms with Crippen LogP contribution in [-0.2, 0) is 25.6 Å². The summed E-state index contributed by atoms with van der Waals surface area (Å²) in [4.78, 5) is 7.21. The van der Waals surface area contributed by atoms with Crippen LogP contribution in [0.1, 0.15) is 5.56 Å². The molecule has 0 aromatic heterocycles. The Hall–Kier alpha value is -1.61. The topological polar surface area (TPSA) is 40.2 Å². The number of thioether (sulfide) groups is 1. The van der Waals surface area contributed by atoms with Gasteiger partial charge in [0.15, 0.2) is 0 Å². The average molecular weight is 472 g/mol. The summed E-state index contributed by atoms with van der Waals surface area (Å²) >= 11 is 1.59. The van der Waals surface area contributed by atoms with Crippen molar-refractivity contribution < 1.29 is 19.0 Å². The zero-order valence-corrected chi connectivity index (χ0v) is 20.9. The third-order valence-electron chi connectivity index (χ3n) is 5.44. The molecule has 172 valence electrons. The molecule has 0 bridgehead atoms. The van der Waals surface area contributed by atoms with Crippen molar-refractivity contribution in [3.63, 3.8) is 0 Å². The molecule has 1 saturated heterocycles. The van der Waals surface area contributed by atoms with E-state index in [-0.39, 0.29) is 17.8 Å². The summed E-state index contributed by atoms with van der Waals surface area (Å²) in [5.41, 5.74) is 0.848. The van der Waals surface area contributed by atoms with E-state index < -0.39 is 8.07 Å². The van der Waals surface area contributed by atoms with Crippen LogP contribution in [0.4, 0.5) is 0 Å². The smallest absolute Gasteiger partial charge is 0.212 e. The minimum atomic E-state index is -1.18. The van der Waals surface area contributed by atoms with Crippen LogP contribution in [0.15, 0.2) is 77.4 Å². The molecule has 2 aliphatic rings. The summed E-state index contributed by atoms with van der Waals surface area (Å²) in [7, 11) is -1.18. The van der Waals surface area contributed by atoms with E-state index in [4.69, 9.17) is 19.0 Å². The Kier molecular flexibility index (Phi) is 8.10. The van der Waals surface area contributed by atoms with Crippen LogP contribution in [-0.4, -0.2) is 50.7 Å². The summed E-state index contributed by atoms with van der Waals surface area (Å²) in [5.74, 6) is 0.935. The van der Waals surface area contributed by atoms with Crippen molar-refractivity contribution in [2.45, 2.75) is 54.9 Å². The van der Waals surface area contributed by atoms with E-state index in [1.54, 1.807) is 11.8 Å². The first-order chi connectivity index (χ1) is 15.5. The van der Waals surface area contributed by atoms with Crippen LogP contribution in [0.5, 0.6) is 0 Å². The molecule has 7 heteroatoms. The van der Waals surface area contributed by atoms with Crippen molar-refractivity contribution in [1.82, 2.24) is 5.06 Å². The van der Waals surface area contributed by atoms with Crippen molar-refractivity contribution in [3.8, 4) is 0 Å². The number of hydroxylamine groups is 2. The minimum Gasteiger partial charge on any atom is -0.497 e. The molecule has 2 aromatic carbocycles. The van der Waals surface area contributed by atoms with Crippen molar-refractivity contribution in [2.24, 2.45) is 0 Å². The maximum atomic E-state index is 6.36. The number of rotatable bonds is 9. The molecule has 1 fully saturated rings. The predicted molar refractivity (Wildman–Crippen MR) is 131 cm³/mol. The van der Waals surface area contributed by atoms with Gasteiger partial charge in [-0.3, -0.25) is 4.84 Å². The SMILES string of the molecule is C[Si](C)(C)CCOC1=CCON(Cc2ccccc2)[C@H]1[C@H]1COC(Sc2ccccc2)O1. The first kappa shape index (κ1) is 23.5. The second-order valence-corrected chi connectivity index (χ2v) is 16.0. The molecule has 0 saturated carbocycles. The van der Waals surface area contributed by atoms with Crippen LogP contribution in [0, 0.1) is 0 Å². The molecule has 32 heavy (non-hydrogen) atoms. The van der Waals surface area contributed by atoms with Gasteiger partial charge >= 0.3 is 0 Å². The second-order valence-electron chi connectivity index (χ2n) is 9.29. The fourth-order valence-corrected chi connectivity index (χ4v) is 5.28. The average Bonchev–Trinajstić information content (AvgIpc) is 3.22. The molecule has 0 spiro atoms. The van der Waals surface area contributed by atoms with Crippen molar-refractivity contribution in [1.29, 1.82) is 0 Å². The Morgan fingerprint density at radius 1 is 1.03 bits per heavy atom. The van der Waals surface area contributed by atoms with Gasteiger partial charge in [0.1, 0.15) is 17.9 Å². The Balaban J connectivity index is 1.47. The zero-order valence-electron chi connectivity index (χ0n) is 19.1. The van der Waals surface area contributed by atoms with E-state index in [0.717, 1.165) is 23.3 Å². The molecular weight excluding hydrogens is 438 g/mol. The van der Waals surface area contributed by atoms with Gasteiger partial charge in [-0.05, 0) is 29.8 Å². The van der Waals surface area contributed by atoms with Gasteiger partial charge in [-0.25, -0.2) is 0 Å². The maximum Gasteiger partial charge on any atom is 0.212 e. The Labute approximate surface area is 196 Å². The van der Waals surface area contributed by atoms with Crippen LogP contribution >= 0.6 is 11.8 Å². The molecule has 2 heterocycles. The van der Waals surface area contributed by atoms with Crippen molar-refractivity contribution in [2.75, 3.05) is 19.8 Å². The van der Waals surface area contributed by atoms with Crippen LogP contribution < -0.4 is 0 Å². The van der Waals surface area contributed by atoms with Crippen LogP contribution in [0.3, 0.4) is 0 Å². The molecule has 4 rings (SSSR count). The summed E-state index contributed by atoms with van der Waals surface area (Å²) < 4.78 is 18.7. The fraction of sp³-hybridized carbons (Fsp3) is 0.440. The lowest BCUT2D eigenvalue weighted by Gasteiger charge is -2.37. The lowest BCUT2D eigenvalue weighted by atomic mass is 10.1. The van der Waals surface area contributed by atoms with E-state index in [1.165, 1.54) is 5.56 Å². The predicted octanol–water partition coefficient (Wildman–Crippen LogP) is 5.53. The first-order valence-corrected chi connectivity index (χ1v) is 15.8. The van der Waals surface area contributed by atoms with E-state index in [2.05, 4.69) is 62.1 Å². The minimum absolute atomic E-state index is 0.146. The van der Waals surface area contributed by atoms with Gasteiger partial charge in [0, 0.05) is 13.0 Å². The zero-order chi connectivity index (χ0) is 22.4. The van der Waals surface area contributed by atoms with E-state index in [1.807, 2.05) is 29.3 Å². The van der Waals surface area contributed by atoms with E-state index >= 15 is 0 Å². The molecule has 0 aliphatic carbocycles. The summed E-state index contributed by atoms with van der Waals surface area (Å²) in [5, 5.41) is 2.00. The molecule has 0 amide bonds. The number of hydrogen-bond donors (Lipinski definition) is 0. The number of hydrogen-bond acceptors (Lipinski definition) is 6. The van der Waals surface area contributed by atoms with Gasteiger partial charge in [-0.1, -0.05) is 79.9 Å². The molecule has 5 nitrogen and oxygen atoms in total.